The van der Waals surface area contributed by atoms with E-state index < -0.39 is 144 Å². The summed E-state index contributed by atoms with van der Waals surface area (Å²) in [5, 5.41) is 0. The van der Waals surface area contributed by atoms with E-state index in [4.69, 9.17) is 0 Å². The lowest BCUT2D eigenvalue weighted by Gasteiger charge is -2.44. The van der Waals surface area contributed by atoms with Crippen molar-refractivity contribution in [3.8, 4) is 0 Å². The Bertz CT molecular complexity index is 2400. The highest BCUT2D eigenvalue weighted by atomic mass is 127. The second-order valence-corrected chi connectivity index (χ2v) is 17.5. The van der Waals surface area contributed by atoms with E-state index in [-0.39, 0.29) is 26.6 Å². The Balaban J connectivity index is 0.000000345. The van der Waals surface area contributed by atoms with E-state index in [1.165, 1.54) is 18.3 Å². The molecular formula is C41H20BF20I. The van der Waals surface area contributed by atoms with Gasteiger partial charge in [-0.25, -0.2) is 87.8 Å². The lowest BCUT2D eigenvalue weighted by Crippen LogP contribution is -3.61. The molecule has 0 heterocycles. The van der Waals surface area contributed by atoms with Crippen molar-refractivity contribution in [2.45, 2.75) is 33.1 Å². The van der Waals surface area contributed by atoms with Gasteiger partial charge in [-0.3, -0.25) is 0 Å². The normalized spacial score (nSPS) is 11.9. The Morgan fingerprint density at radius 2 is 0.492 bits per heavy atom. The predicted molar refractivity (Wildman–Crippen MR) is 183 cm³/mol. The standard InChI is InChI=1S/C24BF20.C17H20I/c26-5-1(6(27)14(35)21(42)13(5)34)25(2-7(28)15(36)22(43)16(37)8(2)29,3-9(30)17(38)23(44)18(39)10(3)31)4-11(32)19(40)24(45)20(41)12(4)33;1-13-5-9-15(10-6-13)18-16-11-7-14(8-12-16)17(2,3)4/h;5-12H,1-4H3/q-1;+1. The molecule has 22 heteroatoms. The molecule has 0 aromatic heterocycles. The van der Waals surface area contributed by atoms with E-state index in [0.717, 1.165) is 0 Å². The van der Waals surface area contributed by atoms with Gasteiger partial charge < -0.3 is 0 Å². The van der Waals surface area contributed by atoms with Gasteiger partial charge in [-0.1, -0.05) is 50.6 Å². The summed E-state index contributed by atoms with van der Waals surface area (Å²) >= 11 is -0.0336. The molecule has 0 bridgehead atoms. The van der Waals surface area contributed by atoms with Crippen LogP contribution in [-0.2, 0) is 5.41 Å². The van der Waals surface area contributed by atoms with Crippen LogP contribution in [0.15, 0.2) is 48.5 Å². The molecule has 6 rings (SSSR count). The van der Waals surface area contributed by atoms with Crippen molar-refractivity contribution in [3.05, 3.63) is 183 Å². The van der Waals surface area contributed by atoms with Gasteiger partial charge in [0.05, 0.1) is 0 Å². The molecule has 6 aromatic carbocycles. The topological polar surface area (TPSA) is 0 Å². The average Bonchev–Trinajstić information content (AvgIpc) is 3.24. The molecule has 0 nitrogen and oxygen atoms in total. The molecule has 0 saturated carbocycles. The van der Waals surface area contributed by atoms with Gasteiger partial charge >= 0.3 is 21.2 Å². The van der Waals surface area contributed by atoms with Crippen LogP contribution < -0.4 is 43.1 Å². The second kappa shape index (κ2) is 17.7. The molecule has 0 radical (unpaired) electrons. The van der Waals surface area contributed by atoms with E-state index in [9.17, 15) is 52.7 Å². The van der Waals surface area contributed by atoms with Crippen LogP contribution >= 0.6 is 0 Å². The van der Waals surface area contributed by atoms with Crippen molar-refractivity contribution in [1.82, 2.24) is 0 Å². The Morgan fingerprint density at radius 3 is 0.698 bits per heavy atom. The van der Waals surface area contributed by atoms with Gasteiger partial charge in [0.15, 0.2) is 76.9 Å². The molecule has 0 aliphatic heterocycles. The van der Waals surface area contributed by atoms with Crippen molar-refractivity contribution in [1.29, 1.82) is 0 Å². The fourth-order valence-corrected chi connectivity index (χ4v) is 8.77. The van der Waals surface area contributed by atoms with Crippen molar-refractivity contribution in [3.63, 3.8) is 0 Å². The van der Waals surface area contributed by atoms with Gasteiger partial charge in [-0.05, 0) is 42.2 Å². The first-order chi connectivity index (χ1) is 29.2. The zero-order valence-corrected chi connectivity index (χ0v) is 33.8. The Labute approximate surface area is 352 Å². The molecule has 0 fully saturated rings. The minimum Gasteiger partial charge on any atom is -0.207 e. The van der Waals surface area contributed by atoms with Gasteiger partial charge in [0.25, 0.3) is 0 Å². The van der Waals surface area contributed by atoms with Gasteiger partial charge in [0, 0.05) is 0 Å². The number of halogens is 21. The minimum absolute atomic E-state index is 0.0336. The number of aryl methyl sites for hydroxylation is 1. The molecule has 0 amide bonds. The molecule has 0 aliphatic carbocycles. The van der Waals surface area contributed by atoms with Crippen LogP contribution in [0.3, 0.4) is 0 Å². The predicted octanol–water partition coefficient (Wildman–Crippen LogP) is 7.27. The summed E-state index contributed by atoms with van der Waals surface area (Å²) in [5.41, 5.74) is -11.3. The largest absolute Gasteiger partial charge is 0.357 e. The van der Waals surface area contributed by atoms with Gasteiger partial charge in [0.2, 0.25) is 0 Å². The van der Waals surface area contributed by atoms with Crippen molar-refractivity contribution in [2.24, 2.45) is 0 Å². The van der Waals surface area contributed by atoms with Crippen LogP contribution in [0.1, 0.15) is 31.9 Å². The summed E-state index contributed by atoms with van der Waals surface area (Å²) < 4.78 is 297. The maximum absolute atomic E-state index is 15.4. The van der Waals surface area contributed by atoms with E-state index in [2.05, 4.69) is 76.2 Å². The molecule has 0 N–H and O–H groups in total. The molecule has 0 aliphatic rings. The Kier molecular flexibility index (Phi) is 13.7. The quantitative estimate of drug-likeness (QED) is 0.0543. The van der Waals surface area contributed by atoms with Crippen LogP contribution in [0.4, 0.5) is 87.8 Å². The first-order valence-corrected chi connectivity index (χ1v) is 19.4. The molecule has 0 spiro atoms. The summed E-state index contributed by atoms with van der Waals surface area (Å²) in [6.07, 6.45) is -7.22. The summed E-state index contributed by atoms with van der Waals surface area (Å²) in [5.74, 6) is -71.4. The van der Waals surface area contributed by atoms with Gasteiger partial charge in [-0.2, -0.15) is 0 Å². The number of benzene rings is 6. The fraction of sp³-hybridized carbons (Fsp3) is 0.122. The Morgan fingerprint density at radius 1 is 0.302 bits per heavy atom. The summed E-state index contributed by atoms with van der Waals surface area (Å²) in [6.45, 7) is 8.92. The first kappa shape index (κ1) is 48.7. The van der Waals surface area contributed by atoms with Crippen LogP contribution in [-0.4, -0.2) is 6.15 Å². The van der Waals surface area contributed by atoms with Crippen LogP contribution in [0.5, 0.6) is 0 Å². The van der Waals surface area contributed by atoms with E-state index in [1.54, 1.807) is 0 Å². The highest BCUT2D eigenvalue weighted by molar-refractivity contribution is 7.20. The van der Waals surface area contributed by atoms with Crippen LogP contribution in [0, 0.1) is 130 Å². The average molecular weight is 1030 g/mol. The zero-order valence-electron chi connectivity index (χ0n) is 31.6. The van der Waals surface area contributed by atoms with Crippen molar-refractivity contribution in [2.75, 3.05) is 0 Å². The SMILES string of the molecule is Cc1ccc([I+]c2ccc(C(C)(C)C)cc2)cc1.Fc1c(F)c(F)c([B-](c2c(F)c(F)c(F)c(F)c2F)(c2c(F)c(F)c(F)c(F)c2F)c2c(F)c(F)c(F)c(F)c2F)c(F)c1F. The molecule has 6 aromatic rings. The van der Waals surface area contributed by atoms with Crippen LogP contribution in [0.2, 0.25) is 0 Å². The maximum atomic E-state index is 15.4. The third-order valence-electron chi connectivity index (χ3n) is 9.65. The van der Waals surface area contributed by atoms with E-state index >= 15 is 35.1 Å². The minimum atomic E-state index is -7.22. The lowest BCUT2D eigenvalue weighted by atomic mass is 9.12. The summed E-state index contributed by atoms with van der Waals surface area (Å²) in [7, 11) is 0. The second-order valence-electron chi connectivity index (χ2n) is 14.4. The smallest absolute Gasteiger partial charge is 0.207 e. The molecule has 63 heavy (non-hydrogen) atoms. The Hall–Kier alpha value is -5.29. The first-order valence-electron chi connectivity index (χ1n) is 17.2. The maximum Gasteiger partial charge on any atom is 0.357 e. The third kappa shape index (κ3) is 8.11. The highest BCUT2D eigenvalue weighted by Gasteiger charge is 2.52. The molecular weight excluding hydrogens is 1010 g/mol. The zero-order chi connectivity index (χ0) is 47.5. The summed E-state index contributed by atoms with van der Waals surface area (Å²) in [6, 6.07) is 18.1. The highest BCUT2D eigenvalue weighted by Crippen LogP contribution is 2.31. The van der Waals surface area contributed by atoms with Crippen molar-refractivity contribution >= 4 is 28.0 Å². The molecule has 0 unspecified atom stereocenters. The van der Waals surface area contributed by atoms with Gasteiger partial charge in [-0.15, -0.1) is 21.9 Å². The van der Waals surface area contributed by atoms with E-state index in [0.29, 0.717) is 0 Å². The number of hydrogen-bond acceptors (Lipinski definition) is 0. The van der Waals surface area contributed by atoms with Gasteiger partial charge in [0.1, 0.15) is 52.7 Å². The fourth-order valence-electron chi connectivity index (χ4n) is 6.61. The summed E-state index contributed by atoms with van der Waals surface area (Å²) in [4.78, 5) is 0. The van der Waals surface area contributed by atoms with Crippen LogP contribution in [0.25, 0.3) is 0 Å². The molecule has 334 valence electrons. The molecule has 0 atom stereocenters. The monoisotopic (exact) mass is 1030 g/mol. The van der Waals surface area contributed by atoms with Crippen molar-refractivity contribution < 1.29 is 109 Å². The lowest BCUT2D eigenvalue weighted by molar-refractivity contribution is -0.597. The molecule has 0 saturated heterocycles. The third-order valence-corrected chi connectivity index (χ3v) is 12.3. The number of hydrogen-bond donors (Lipinski definition) is 0. The van der Waals surface area contributed by atoms with E-state index in [1.807, 2.05) is 0 Å². The number of rotatable bonds is 6.